The molecule has 1 fully saturated rings. The molecular weight excluding hydrogens is 272 g/mol. The van der Waals surface area contributed by atoms with Crippen LogP contribution in [0.3, 0.4) is 0 Å². The Morgan fingerprint density at radius 2 is 2.25 bits per heavy atom. The van der Waals surface area contributed by atoms with Gasteiger partial charge in [-0.1, -0.05) is 12.1 Å². The van der Waals surface area contributed by atoms with Gasteiger partial charge in [0, 0.05) is 11.0 Å². The molecule has 3 nitrogen and oxygen atoms in total. The van der Waals surface area contributed by atoms with Crippen LogP contribution in [0.25, 0.3) is 0 Å². The fraction of sp³-hybridized carbons (Fsp3) is 0.417. The average Bonchev–Trinajstić information content (AvgIpc) is 2.97. The monoisotopic (exact) mass is 284 g/mol. The van der Waals surface area contributed by atoms with Crippen LogP contribution in [-0.4, -0.2) is 18.2 Å². The van der Waals surface area contributed by atoms with Crippen LogP contribution in [0.5, 0.6) is 5.75 Å². The van der Waals surface area contributed by atoms with Crippen molar-refractivity contribution in [3.8, 4) is 5.75 Å². The summed E-state index contributed by atoms with van der Waals surface area (Å²) in [5.41, 5.74) is 0.799. The summed E-state index contributed by atoms with van der Waals surface area (Å²) in [6.45, 7) is 0. The maximum atomic E-state index is 10.9. The third kappa shape index (κ3) is 1.94. The Morgan fingerprint density at radius 3 is 2.75 bits per heavy atom. The molecule has 0 aliphatic heterocycles. The second kappa shape index (κ2) is 4.09. The first kappa shape index (κ1) is 11.5. The maximum absolute atomic E-state index is 10.9. The number of carbonyl (C=O) groups is 1. The van der Waals surface area contributed by atoms with Crippen molar-refractivity contribution in [2.45, 2.75) is 24.7 Å². The molecule has 86 valence electrons. The number of hydrogen-bond donors (Lipinski definition) is 1. The van der Waals surface area contributed by atoms with E-state index in [-0.39, 0.29) is 11.8 Å². The van der Waals surface area contributed by atoms with E-state index in [1.807, 2.05) is 18.2 Å². The molecule has 0 unspecified atom stereocenters. The molecule has 16 heavy (non-hydrogen) atoms. The number of para-hydroxylation sites is 1. The van der Waals surface area contributed by atoms with Gasteiger partial charge in [-0.15, -0.1) is 0 Å². The number of aliphatic carboxylic acids is 1. The van der Waals surface area contributed by atoms with Gasteiger partial charge in [0.25, 0.3) is 0 Å². The normalized spacial score (nSPS) is 16.9. The third-order valence-electron chi connectivity index (χ3n) is 3.09. The average molecular weight is 285 g/mol. The van der Waals surface area contributed by atoms with Crippen molar-refractivity contribution in [3.05, 3.63) is 28.2 Å². The van der Waals surface area contributed by atoms with E-state index in [2.05, 4.69) is 15.9 Å². The zero-order valence-electron chi connectivity index (χ0n) is 9.00. The van der Waals surface area contributed by atoms with Crippen LogP contribution in [0.2, 0.25) is 0 Å². The van der Waals surface area contributed by atoms with Crippen molar-refractivity contribution in [2.75, 3.05) is 7.11 Å². The Bertz CT molecular complexity index is 424. The fourth-order valence-corrected chi connectivity index (χ4v) is 2.64. The zero-order valence-corrected chi connectivity index (χ0v) is 10.6. The molecule has 0 spiro atoms. The SMILES string of the molecule is COc1c(Br)cccc1C1(CC(=O)O)CC1. The summed E-state index contributed by atoms with van der Waals surface area (Å²) in [5, 5.41) is 8.93. The molecule has 1 aliphatic carbocycles. The van der Waals surface area contributed by atoms with E-state index < -0.39 is 5.97 Å². The smallest absolute Gasteiger partial charge is 0.304 e. The molecule has 0 heterocycles. The van der Waals surface area contributed by atoms with E-state index in [0.29, 0.717) is 0 Å². The molecule has 0 saturated heterocycles. The molecule has 1 aromatic rings. The summed E-state index contributed by atoms with van der Waals surface area (Å²) in [7, 11) is 1.61. The highest BCUT2D eigenvalue weighted by atomic mass is 79.9. The Hall–Kier alpha value is -1.03. The van der Waals surface area contributed by atoms with Crippen LogP contribution in [0, 0.1) is 0 Å². The molecule has 1 aliphatic rings. The van der Waals surface area contributed by atoms with Gasteiger partial charge in [-0.3, -0.25) is 4.79 Å². The molecule has 0 amide bonds. The van der Waals surface area contributed by atoms with Crippen LogP contribution in [0.4, 0.5) is 0 Å². The third-order valence-corrected chi connectivity index (χ3v) is 3.71. The van der Waals surface area contributed by atoms with Crippen LogP contribution in [0.15, 0.2) is 22.7 Å². The lowest BCUT2D eigenvalue weighted by atomic mass is 9.91. The van der Waals surface area contributed by atoms with Crippen molar-refractivity contribution in [2.24, 2.45) is 0 Å². The molecule has 1 aromatic carbocycles. The predicted molar refractivity (Wildman–Crippen MR) is 63.9 cm³/mol. The second-order valence-electron chi connectivity index (χ2n) is 4.17. The number of halogens is 1. The van der Waals surface area contributed by atoms with Gasteiger partial charge in [-0.25, -0.2) is 0 Å². The summed E-state index contributed by atoms with van der Waals surface area (Å²) in [4.78, 5) is 10.9. The largest absolute Gasteiger partial charge is 0.495 e. The highest BCUT2D eigenvalue weighted by Crippen LogP contribution is 2.54. The molecule has 1 N–H and O–H groups in total. The Balaban J connectivity index is 2.40. The topological polar surface area (TPSA) is 46.5 Å². The molecule has 1 saturated carbocycles. The first-order valence-electron chi connectivity index (χ1n) is 5.14. The van der Waals surface area contributed by atoms with E-state index in [0.717, 1.165) is 28.6 Å². The van der Waals surface area contributed by atoms with Gasteiger partial charge in [-0.2, -0.15) is 0 Å². The van der Waals surface area contributed by atoms with Crippen LogP contribution < -0.4 is 4.74 Å². The Kier molecular flexibility index (Phi) is 2.93. The van der Waals surface area contributed by atoms with Gasteiger partial charge in [0.15, 0.2) is 0 Å². The molecule has 0 atom stereocenters. The first-order chi connectivity index (χ1) is 7.59. The maximum Gasteiger partial charge on any atom is 0.304 e. The van der Waals surface area contributed by atoms with Gasteiger partial charge in [0.05, 0.1) is 18.0 Å². The summed E-state index contributed by atoms with van der Waals surface area (Å²) in [6, 6.07) is 5.78. The van der Waals surface area contributed by atoms with E-state index in [9.17, 15) is 4.79 Å². The summed E-state index contributed by atoms with van der Waals surface area (Å²) >= 11 is 3.42. The number of benzene rings is 1. The van der Waals surface area contributed by atoms with E-state index >= 15 is 0 Å². The molecular formula is C12H13BrO3. The minimum absolute atomic E-state index is 0.180. The molecule has 2 rings (SSSR count). The van der Waals surface area contributed by atoms with Gasteiger partial charge >= 0.3 is 5.97 Å². The summed E-state index contributed by atoms with van der Waals surface area (Å²) in [5.74, 6) is 0.0146. The van der Waals surface area contributed by atoms with E-state index in [1.165, 1.54) is 0 Å². The minimum atomic E-state index is -0.750. The van der Waals surface area contributed by atoms with Gasteiger partial charge in [0.1, 0.15) is 5.75 Å². The van der Waals surface area contributed by atoms with Crippen LogP contribution >= 0.6 is 15.9 Å². The number of carboxylic acids is 1. The number of methoxy groups -OCH3 is 1. The van der Waals surface area contributed by atoms with Gasteiger partial charge < -0.3 is 9.84 Å². The Morgan fingerprint density at radius 1 is 1.56 bits per heavy atom. The second-order valence-corrected chi connectivity index (χ2v) is 5.03. The van der Waals surface area contributed by atoms with Crippen molar-refractivity contribution in [1.29, 1.82) is 0 Å². The van der Waals surface area contributed by atoms with E-state index in [4.69, 9.17) is 9.84 Å². The van der Waals surface area contributed by atoms with Crippen molar-refractivity contribution in [1.82, 2.24) is 0 Å². The highest BCUT2D eigenvalue weighted by Gasteiger charge is 2.47. The molecule has 0 bridgehead atoms. The Labute approximate surface area is 103 Å². The lowest BCUT2D eigenvalue weighted by Gasteiger charge is -2.17. The molecule has 4 heteroatoms. The summed E-state index contributed by atoms with van der Waals surface area (Å²) < 4.78 is 6.22. The number of ether oxygens (including phenoxy) is 1. The van der Waals surface area contributed by atoms with Crippen LogP contribution in [0.1, 0.15) is 24.8 Å². The lowest BCUT2D eigenvalue weighted by Crippen LogP contribution is -2.14. The number of carboxylic acid groups (broad SMARTS) is 1. The first-order valence-corrected chi connectivity index (χ1v) is 5.93. The summed E-state index contributed by atoms with van der Waals surface area (Å²) in [6.07, 6.45) is 2.03. The quantitative estimate of drug-likeness (QED) is 0.925. The number of rotatable bonds is 4. The molecule has 0 radical (unpaired) electrons. The van der Waals surface area contributed by atoms with Gasteiger partial charge in [0.2, 0.25) is 0 Å². The predicted octanol–water partition coefficient (Wildman–Crippen LogP) is 2.96. The van der Waals surface area contributed by atoms with Crippen molar-refractivity contribution < 1.29 is 14.6 Å². The van der Waals surface area contributed by atoms with Gasteiger partial charge in [-0.05, 0) is 34.8 Å². The minimum Gasteiger partial charge on any atom is -0.495 e. The van der Waals surface area contributed by atoms with Crippen molar-refractivity contribution in [3.63, 3.8) is 0 Å². The molecule has 0 aromatic heterocycles. The standard InChI is InChI=1S/C12H13BrO3/c1-16-11-8(3-2-4-9(11)13)12(5-6-12)7-10(14)15/h2-4H,5-7H2,1H3,(H,14,15). The zero-order chi connectivity index (χ0) is 11.8. The number of hydrogen-bond acceptors (Lipinski definition) is 2. The van der Waals surface area contributed by atoms with E-state index in [1.54, 1.807) is 7.11 Å². The van der Waals surface area contributed by atoms with Crippen LogP contribution in [-0.2, 0) is 10.2 Å². The lowest BCUT2D eigenvalue weighted by molar-refractivity contribution is -0.137. The van der Waals surface area contributed by atoms with Crippen molar-refractivity contribution >= 4 is 21.9 Å². The highest BCUT2D eigenvalue weighted by molar-refractivity contribution is 9.10. The fourth-order valence-electron chi connectivity index (χ4n) is 2.12.